The van der Waals surface area contributed by atoms with E-state index in [0.29, 0.717) is 28.4 Å². The Morgan fingerprint density at radius 3 is 2.00 bits per heavy atom. The number of methoxy groups -OCH3 is 2. The standard InChI is InChI=1S/C20H22N2O4/c1-25-17-12-16(22-20(24)14-9-6-10-14)18(26-2)11-15(17)21-19(23)13-7-4-3-5-8-13/h3-5,7-8,11-12,14H,6,9-10H2,1-2H3,(H,21,23)(H,22,24). The molecule has 0 bridgehead atoms. The fourth-order valence-electron chi connectivity index (χ4n) is 2.78. The zero-order valence-electron chi connectivity index (χ0n) is 14.9. The molecule has 1 aliphatic rings. The van der Waals surface area contributed by atoms with Gasteiger partial charge in [-0.05, 0) is 25.0 Å². The van der Waals surface area contributed by atoms with E-state index in [-0.39, 0.29) is 17.7 Å². The highest BCUT2D eigenvalue weighted by Crippen LogP contribution is 2.37. The average Bonchev–Trinajstić information content (AvgIpc) is 2.61. The van der Waals surface area contributed by atoms with E-state index in [1.54, 1.807) is 36.4 Å². The molecule has 6 heteroatoms. The Labute approximate surface area is 152 Å². The molecule has 0 atom stereocenters. The first-order valence-corrected chi connectivity index (χ1v) is 8.55. The Morgan fingerprint density at radius 2 is 1.50 bits per heavy atom. The van der Waals surface area contributed by atoms with Crippen LogP contribution in [0, 0.1) is 5.92 Å². The third-order valence-electron chi connectivity index (χ3n) is 4.54. The summed E-state index contributed by atoms with van der Waals surface area (Å²) in [6.07, 6.45) is 2.91. The molecule has 3 rings (SSSR count). The molecule has 0 aliphatic heterocycles. The van der Waals surface area contributed by atoms with Gasteiger partial charge in [0.15, 0.2) is 0 Å². The van der Waals surface area contributed by atoms with E-state index in [1.165, 1.54) is 14.2 Å². The first-order chi connectivity index (χ1) is 12.6. The second kappa shape index (κ2) is 7.91. The lowest BCUT2D eigenvalue weighted by atomic mass is 9.85. The van der Waals surface area contributed by atoms with Crippen molar-refractivity contribution in [1.82, 2.24) is 0 Å². The van der Waals surface area contributed by atoms with Crippen LogP contribution in [0.1, 0.15) is 29.6 Å². The molecule has 1 aliphatic carbocycles. The first-order valence-electron chi connectivity index (χ1n) is 8.55. The van der Waals surface area contributed by atoms with E-state index in [4.69, 9.17) is 9.47 Å². The summed E-state index contributed by atoms with van der Waals surface area (Å²) in [6.45, 7) is 0. The Balaban J connectivity index is 1.83. The number of carbonyl (C=O) groups is 2. The molecule has 2 amide bonds. The number of carbonyl (C=O) groups excluding carboxylic acids is 2. The van der Waals surface area contributed by atoms with Crippen LogP contribution in [-0.2, 0) is 4.79 Å². The summed E-state index contributed by atoms with van der Waals surface area (Å²) < 4.78 is 10.8. The van der Waals surface area contributed by atoms with Crippen LogP contribution in [0.15, 0.2) is 42.5 Å². The van der Waals surface area contributed by atoms with Gasteiger partial charge in [0.1, 0.15) is 11.5 Å². The van der Waals surface area contributed by atoms with Crippen LogP contribution in [-0.4, -0.2) is 26.0 Å². The van der Waals surface area contributed by atoms with E-state index in [1.807, 2.05) is 6.07 Å². The summed E-state index contributed by atoms with van der Waals surface area (Å²) in [5.74, 6) is 0.693. The summed E-state index contributed by atoms with van der Waals surface area (Å²) in [5, 5.41) is 5.72. The van der Waals surface area contributed by atoms with E-state index in [9.17, 15) is 9.59 Å². The predicted octanol–water partition coefficient (Wildman–Crippen LogP) is 3.69. The maximum absolute atomic E-state index is 12.4. The van der Waals surface area contributed by atoms with Crippen LogP contribution in [0.5, 0.6) is 11.5 Å². The third kappa shape index (κ3) is 3.79. The van der Waals surface area contributed by atoms with Crippen LogP contribution in [0.3, 0.4) is 0 Å². The van der Waals surface area contributed by atoms with Gasteiger partial charge in [0.25, 0.3) is 5.91 Å². The van der Waals surface area contributed by atoms with Gasteiger partial charge in [0, 0.05) is 23.6 Å². The van der Waals surface area contributed by atoms with Gasteiger partial charge >= 0.3 is 0 Å². The maximum atomic E-state index is 12.4. The van der Waals surface area contributed by atoms with Crippen molar-refractivity contribution in [2.75, 3.05) is 24.9 Å². The molecule has 0 unspecified atom stereocenters. The number of ether oxygens (including phenoxy) is 2. The van der Waals surface area contributed by atoms with Crippen LogP contribution >= 0.6 is 0 Å². The van der Waals surface area contributed by atoms with Gasteiger partial charge in [-0.25, -0.2) is 0 Å². The molecular formula is C20H22N2O4. The fraction of sp³-hybridized carbons (Fsp3) is 0.300. The van der Waals surface area contributed by atoms with Crippen molar-refractivity contribution in [1.29, 1.82) is 0 Å². The second-order valence-electron chi connectivity index (χ2n) is 6.19. The van der Waals surface area contributed by atoms with E-state index < -0.39 is 0 Å². The Morgan fingerprint density at radius 1 is 0.923 bits per heavy atom. The Bertz CT molecular complexity index is 801. The predicted molar refractivity (Wildman–Crippen MR) is 99.9 cm³/mol. The minimum Gasteiger partial charge on any atom is -0.494 e. The van der Waals surface area contributed by atoms with E-state index in [2.05, 4.69) is 10.6 Å². The second-order valence-corrected chi connectivity index (χ2v) is 6.19. The number of hydrogen-bond acceptors (Lipinski definition) is 4. The topological polar surface area (TPSA) is 76.7 Å². The van der Waals surface area contributed by atoms with Crippen LogP contribution in [0.25, 0.3) is 0 Å². The highest BCUT2D eigenvalue weighted by molar-refractivity contribution is 6.05. The van der Waals surface area contributed by atoms with Crippen molar-refractivity contribution < 1.29 is 19.1 Å². The maximum Gasteiger partial charge on any atom is 0.255 e. The number of nitrogens with one attached hydrogen (secondary N) is 2. The molecule has 2 aromatic rings. The SMILES string of the molecule is COc1cc(NC(=O)C2CCC2)c(OC)cc1NC(=O)c1ccccc1. The average molecular weight is 354 g/mol. The summed E-state index contributed by atoms with van der Waals surface area (Å²) in [6, 6.07) is 12.2. The van der Waals surface area contributed by atoms with Crippen molar-refractivity contribution in [3.05, 3.63) is 48.0 Å². The minimum atomic E-state index is -0.253. The number of benzene rings is 2. The molecule has 0 spiro atoms. The fourth-order valence-corrected chi connectivity index (χ4v) is 2.78. The van der Waals surface area contributed by atoms with Gasteiger partial charge in [-0.1, -0.05) is 24.6 Å². The van der Waals surface area contributed by atoms with Crippen LogP contribution in [0.4, 0.5) is 11.4 Å². The Hall–Kier alpha value is -3.02. The number of amides is 2. The number of hydrogen-bond donors (Lipinski definition) is 2. The monoisotopic (exact) mass is 354 g/mol. The van der Waals surface area contributed by atoms with Crippen molar-refractivity contribution in [3.8, 4) is 11.5 Å². The smallest absolute Gasteiger partial charge is 0.255 e. The molecule has 0 saturated heterocycles. The minimum absolute atomic E-state index is 0.0160. The first kappa shape index (κ1) is 17.8. The molecule has 26 heavy (non-hydrogen) atoms. The lowest BCUT2D eigenvalue weighted by Crippen LogP contribution is -2.28. The molecular weight excluding hydrogens is 332 g/mol. The lowest BCUT2D eigenvalue weighted by molar-refractivity contribution is -0.122. The van der Waals surface area contributed by atoms with Gasteiger partial charge in [0.05, 0.1) is 25.6 Å². The largest absolute Gasteiger partial charge is 0.494 e. The zero-order chi connectivity index (χ0) is 18.5. The zero-order valence-corrected chi connectivity index (χ0v) is 14.9. The van der Waals surface area contributed by atoms with E-state index >= 15 is 0 Å². The summed E-state index contributed by atoms with van der Waals surface area (Å²) >= 11 is 0. The molecule has 6 nitrogen and oxygen atoms in total. The molecule has 1 fully saturated rings. The molecule has 1 saturated carbocycles. The van der Waals surface area contributed by atoms with Crippen molar-refractivity contribution in [3.63, 3.8) is 0 Å². The highest BCUT2D eigenvalue weighted by Gasteiger charge is 2.26. The number of anilines is 2. The lowest BCUT2D eigenvalue weighted by Gasteiger charge is -2.25. The summed E-state index contributed by atoms with van der Waals surface area (Å²) in [4.78, 5) is 24.6. The van der Waals surface area contributed by atoms with Gasteiger partial charge in [0.2, 0.25) is 5.91 Å². The van der Waals surface area contributed by atoms with Crippen molar-refractivity contribution in [2.45, 2.75) is 19.3 Å². The molecule has 0 aromatic heterocycles. The van der Waals surface area contributed by atoms with Gasteiger partial charge in [-0.2, -0.15) is 0 Å². The third-order valence-corrected chi connectivity index (χ3v) is 4.54. The normalized spacial score (nSPS) is 13.5. The molecule has 2 aromatic carbocycles. The highest BCUT2D eigenvalue weighted by atomic mass is 16.5. The quantitative estimate of drug-likeness (QED) is 0.829. The van der Waals surface area contributed by atoms with Crippen molar-refractivity contribution in [2.24, 2.45) is 5.92 Å². The van der Waals surface area contributed by atoms with Gasteiger partial charge < -0.3 is 20.1 Å². The summed E-state index contributed by atoms with van der Waals surface area (Å²) in [5.41, 5.74) is 1.54. The van der Waals surface area contributed by atoms with Gasteiger partial charge in [-0.3, -0.25) is 9.59 Å². The van der Waals surface area contributed by atoms with E-state index in [0.717, 1.165) is 19.3 Å². The van der Waals surface area contributed by atoms with Crippen molar-refractivity contribution >= 4 is 23.2 Å². The number of rotatable bonds is 6. The molecule has 0 radical (unpaired) electrons. The molecule has 0 heterocycles. The van der Waals surface area contributed by atoms with Crippen LogP contribution < -0.4 is 20.1 Å². The Kier molecular flexibility index (Phi) is 5.41. The van der Waals surface area contributed by atoms with Gasteiger partial charge in [-0.15, -0.1) is 0 Å². The summed E-state index contributed by atoms with van der Waals surface area (Å²) in [7, 11) is 3.03. The molecule has 136 valence electrons. The molecule has 2 N–H and O–H groups in total. The van der Waals surface area contributed by atoms with Crippen LogP contribution in [0.2, 0.25) is 0 Å².